The minimum Gasteiger partial charge on any atom is -0.490 e. The van der Waals surface area contributed by atoms with Crippen molar-refractivity contribution < 1.29 is 41.0 Å². The molecule has 4 heterocycles. The molecule has 0 radical (unpaired) electrons. The summed E-state index contributed by atoms with van der Waals surface area (Å²) in [5, 5.41) is 0. The van der Waals surface area contributed by atoms with Crippen molar-refractivity contribution in [2.75, 3.05) is 13.2 Å². The molecule has 1 aromatic carbocycles. The fourth-order valence-electron chi connectivity index (χ4n) is 4.16. The fraction of sp³-hybridized carbons (Fsp3) is 0.208. The number of halogens is 5. The maximum absolute atomic E-state index is 14.4. The third-order valence-electron chi connectivity index (χ3n) is 5.60. The number of carbonyl (C=O) groups is 1. The van der Waals surface area contributed by atoms with Gasteiger partial charge in [0.15, 0.2) is 29.6 Å². The Hall–Kier alpha value is -4.42. The molecule has 2 N–H and O–H groups in total. The molecular formula is C24H17F5N4O4. The number of fused-ring (bicyclic) bond motifs is 2. The molecule has 3 aromatic heterocycles. The summed E-state index contributed by atoms with van der Waals surface area (Å²) in [5.41, 5.74) is 6.15. The minimum absolute atomic E-state index is 0.0791. The van der Waals surface area contributed by atoms with Crippen molar-refractivity contribution >= 4 is 11.6 Å². The highest BCUT2D eigenvalue weighted by Crippen LogP contribution is 2.42. The first-order valence-corrected chi connectivity index (χ1v) is 10.9. The molecule has 0 saturated heterocycles. The van der Waals surface area contributed by atoms with Crippen molar-refractivity contribution in [1.29, 1.82) is 0 Å². The summed E-state index contributed by atoms with van der Waals surface area (Å²) in [6.45, 7) is -1.46. The van der Waals surface area contributed by atoms with E-state index in [1.807, 2.05) is 0 Å². The number of hydrogen-bond acceptors (Lipinski definition) is 6. The molecule has 0 fully saturated rings. The van der Waals surface area contributed by atoms with Gasteiger partial charge < -0.3 is 19.9 Å². The average Bonchev–Trinajstić information content (AvgIpc) is 3.22. The topological polar surface area (TPSA) is 101 Å². The van der Waals surface area contributed by atoms with E-state index in [2.05, 4.69) is 9.97 Å². The van der Waals surface area contributed by atoms with Gasteiger partial charge >= 0.3 is 6.18 Å². The van der Waals surface area contributed by atoms with Crippen LogP contribution in [0.3, 0.4) is 0 Å². The molecule has 5 rings (SSSR count). The summed E-state index contributed by atoms with van der Waals surface area (Å²) < 4.78 is 83.8. The second kappa shape index (κ2) is 9.22. The van der Waals surface area contributed by atoms with E-state index < -0.39 is 36.2 Å². The summed E-state index contributed by atoms with van der Waals surface area (Å²) in [7, 11) is 0. The van der Waals surface area contributed by atoms with Gasteiger partial charge in [-0.25, -0.2) is 18.7 Å². The first kappa shape index (κ1) is 24.3. The van der Waals surface area contributed by atoms with Crippen LogP contribution in [0.4, 0.5) is 22.0 Å². The molecular weight excluding hydrogens is 503 g/mol. The molecule has 4 aromatic rings. The van der Waals surface area contributed by atoms with Gasteiger partial charge in [0.2, 0.25) is 0 Å². The Morgan fingerprint density at radius 2 is 2.03 bits per heavy atom. The number of imidazole rings is 1. The highest BCUT2D eigenvalue weighted by Gasteiger charge is 2.33. The zero-order valence-corrected chi connectivity index (χ0v) is 18.8. The largest absolute Gasteiger partial charge is 0.490 e. The van der Waals surface area contributed by atoms with Crippen LogP contribution in [0.5, 0.6) is 23.1 Å². The van der Waals surface area contributed by atoms with Crippen molar-refractivity contribution in [3.05, 3.63) is 77.4 Å². The number of alkyl halides is 3. The lowest BCUT2D eigenvalue weighted by Crippen LogP contribution is -2.22. The summed E-state index contributed by atoms with van der Waals surface area (Å²) in [6, 6.07) is 7.40. The summed E-state index contributed by atoms with van der Waals surface area (Å²) in [6.07, 6.45) is -1.59. The van der Waals surface area contributed by atoms with Crippen LogP contribution in [-0.4, -0.2) is 39.7 Å². The van der Waals surface area contributed by atoms with Gasteiger partial charge in [-0.15, -0.1) is 0 Å². The predicted molar refractivity (Wildman–Crippen MR) is 118 cm³/mol. The smallest absolute Gasteiger partial charge is 0.422 e. The number of primary amides is 1. The van der Waals surface area contributed by atoms with Gasteiger partial charge in [-0.1, -0.05) is 0 Å². The number of ether oxygens (including phenoxy) is 3. The maximum Gasteiger partial charge on any atom is 0.422 e. The van der Waals surface area contributed by atoms with E-state index >= 15 is 0 Å². The van der Waals surface area contributed by atoms with Crippen LogP contribution in [0.15, 0.2) is 48.8 Å². The summed E-state index contributed by atoms with van der Waals surface area (Å²) in [4.78, 5) is 20.5. The number of aromatic nitrogens is 3. The van der Waals surface area contributed by atoms with E-state index in [-0.39, 0.29) is 58.8 Å². The quantitative estimate of drug-likeness (QED) is 0.368. The number of nitrogens with two attached hydrogens (primary N) is 1. The highest BCUT2D eigenvalue weighted by atomic mass is 19.4. The third kappa shape index (κ3) is 4.84. The lowest BCUT2D eigenvalue weighted by atomic mass is 9.88. The first-order chi connectivity index (χ1) is 17.6. The Labute approximate surface area is 205 Å². The van der Waals surface area contributed by atoms with Crippen molar-refractivity contribution in [3.8, 4) is 23.1 Å². The number of carbonyl (C=O) groups excluding carboxylic acids is 1. The van der Waals surface area contributed by atoms with Gasteiger partial charge in [-0.3, -0.25) is 9.20 Å². The van der Waals surface area contributed by atoms with Gasteiger partial charge in [-0.2, -0.15) is 13.2 Å². The lowest BCUT2D eigenvalue weighted by molar-refractivity contribution is -0.153. The SMILES string of the molecule is NC(=O)c1nc2ccc(Oc3ncccc3OCC(F)(F)F)cn2c1C1CCOc2c(F)cc(F)cc21. The van der Waals surface area contributed by atoms with Crippen LogP contribution in [0.1, 0.15) is 34.1 Å². The lowest BCUT2D eigenvalue weighted by Gasteiger charge is -2.26. The van der Waals surface area contributed by atoms with Gasteiger partial charge in [0, 0.05) is 23.7 Å². The van der Waals surface area contributed by atoms with E-state index in [1.165, 1.54) is 41.1 Å². The van der Waals surface area contributed by atoms with E-state index in [9.17, 15) is 26.7 Å². The molecule has 0 aliphatic carbocycles. The highest BCUT2D eigenvalue weighted by molar-refractivity contribution is 5.93. The Morgan fingerprint density at radius 1 is 1.22 bits per heavy atom. The van der Waals surface area contributed by atoms with Crippen molar-refractivity contribution in [2.45, 2.75) is 18.5 Å². The van der Waals surface area contributed by atoms with E-state index in [0.717, 1.165) is 6.07 Å². The van der Waals surface area contributed by atoms with Crippen LogP contribution in [0.25, 0.3) is 5.65 Å². The maximum atomic E-state index is 14.4. The van der Waals surface area contributed by atoms with E-state index in [0.29, 0.717) is 6.07 Å². The standard InChI is InChI=1S/C24H17F5N4O4/c25-12-8-15-14(5-7-35-21(15)16(26)9-12)20-19(22(30)34)32-18-4-3-13(10-33(18)20)37-23-17(2-1-6-31-23)36-11-24(27,28)29/h1-4,6,8-10,14H,5,7,11H2,(H2,30,34). The van der Waals surface area contributed by atoms with Crippen LogP contribution in [0.2, 0.25) is 0 Å². The van der Waals surface area contributed by atoms with Crippen molar-refractivity contribution in [1.82, 2.24) is 14.4 Å². The molecule has 37 heavy (non-hydrogen) atoms. The van der Waals surface area contributed by atoms with Crippen molar-refractivity contribution in [2.24, 2.45) is 5.73 Å². The first-order valence-electron chi connectivity index (χ1n) is 10.9. The Balaban J connectivity index is 1.58. The molecule has 1 atom stereocenters. The molecule has 0 bridgehead atoms. The Bertz CT molecular complexity index is 1500. The number of amides is 1. The number of nitrogens with zero attached hydrogens (tertiary/aromatic N) is 3. The zero-order valence-electron chi connectivity index (χ0n) is 18.8. The minimum atomic E-state index is -4.57. The summed E-state index contributed by atoms with van der Waals surface area (Å²) >= 11 is 0. The van der Waals surface area contributed by atoms with E-state index in [1.54, 1.807) is 0 Å². The van der Waals surface area contributed by atoms with Gasteiger partial charge in [0.25, 0.3) is 11.8 Å². The zero-order chi connectivity index (χ0) is 26.3. The van der Waals surface area contributed by atoms with Crippen molar-refractivity contribution in [3.63, 3.8) is 0 Å². The molecule has 1 aliphatic heterocycles. The second-order valence-electron chi connectivity index (χ2n) is 8.11. The van der Waals surface area contributed by atoms with Crippen LogP contribution in [0, 0.1) is 11.6 Å². The molecule has 13 heteroatoms. The van der Waals surface area contributed by atoms with Crippen LogP contribution >= 0.6 is 0 Å². The Kier molecular flexibility index (Phi) is 6.05. The van der Waals surface area contributed by atoms with Gasteiger partial charge in [0.1, 0.15) is 17.2 Å². The van der Waals surface area contributed by atoms with Crippen LogP contribution < -0.4 is 19.9 Å². The number of rotatable bonds is 6. The normalized spacial score (nSPS) is 15.2. The number of pyridine rings is 2. The Morgan fingerprint density at radius 3 is 2.78 bits per heavy atom. The molecule has 1 unspecified atom stereocenters. The van der Waals surface area contributed by atoms with Gasteiger partial charge in [0.05, 0.1) is 18.5 Å². The fourth-order valence-corrected chi connectivity index (χ4v) is 4.16. The number of hydrogen-bond donors (Lipinski definition) is 1. The summed E-state index contributed by atoms with van der Waals surface area (Å²) in [5.74, 6) is -3.81. The van der Waals surface area contributed by atoms with E-state index in [4.69, 9.17) is 19.9 Å². The molecule has 0 spiro atoms. The number of benzene rings is 1. The van der Waals surface area contributed by atoms with Gasteiger partial charge in [-0.05, 0) is 36.8 Å². The monoisotopic (exact) mass is 520 g/mol. The second-order valence-corrected chi connectivity index (χ2v) is 8.11. The van der Waals surface area contributed by atoms with Crippen LogP contribution in [-0.2, 0) is 0 Å². The molecule has 192 valence electrons. The predicted octanol–water partition coefficient (Wildman–Crippen LogP) is 4.75. The third-order valence-corrected chi connectivity index (χ3v) is 5.60. The molecule has 1 aliphatic rings. The molecule has 8 nitrogen and oxygen atoms in total. The molecule has 0 saturated carbocycles. The average molecular weight is 520 g/mol. The molecule has 1 amide bonds.